The summed E-state index contributed by atoms with van der Waals surface area (Å²) >= 11 is 11.8. The van der Waals surface area contributed by atoms with Crippen LogP contribution in [0.5, 0.6) is 5.75 Å². The molecule has 2 N–H and O–H groups in total. The van der Waals surface area contributed by atoms with Gasteiger partial charge in [0.25, 0.3) is 0 Å². The zero-order valence-corrected chi connectivity index (χ0v) is 17.3. The van der Waals surface area contributed by atoms with Crippen molar-refractivity contribution in [2.45, 2.75) is 6.92 Å². The molecule has 0 aliphatic heterocycles. The van der Waals surface area contributed by atoms with E-state index < -0.39 is 0 Å². The van der Waals surface area contributed by atoms with Gasteiger partial charge in [-0.25, -0.2) is 0 Å². The van der Waals surface area contributed by atoms with E-state index in [9.17, 15) is 9.59 Å². The maximum atomic E-state index is 12.0. The van der Waals surface area contributed by atoms with Crippen LogP contribution in [0, 0.1) is 6.92 Å². The monoisotopic (exact) mass is 423 g/mol. The van der Waals surface area contributed by atoms with Crippen molar-refractivity contribution in [2.24, 2.45) is 0 Å². The van der Waals surface area contributed by atoms with Crippen LogP contribution in [0.25, 0.3) is 0 Å². The second-order valence-electron chi connectivity index (χ2n) is 6.28. The third-order valence-corrected chi connectivity index (χ3v) is 4.62. The van der Waals surface area contributed by atoms with E-state index in [1.165, 1.54) is 0 Å². The van der Waals surface area contributed by atoms with Crippen molar-refractivity contribution in [1.29, 1.82) is 0 Å². The predicted molar refractivity (Wildman–Crippen MR) is 112 cm³/mol. The first-order valence-electron chi connectivity index (χ1n) is 8.73. The van der Waals surface area contributed by atoms with E-state index in [2.05, 4.69) is 10.6 Å². The lowest BCUT2D eigenvalue weighted by Gasteiger charge is -2.17. The Hall–Kier alpha value is -2.28. The normalized spacial score (nSPS) is 10.6. The van der Waals surface area contributed by atoms with Gasteiger partial charge in [-0.3, -0.25) is 14.5 Å². The van der Waals surface area contributed by atoms with Crippen LogP contribution in [0.4, 0.5) is 5.69 Å². The molecule has 0 aromatic heterocycles. The van der Waals surface area contributed by atoms with E-state index in [1.807, 2.05) is 11.8 Å². The SMILES string of the molecule is Cc1c(Cl)cccc1NC(=O)CNC(=O)CN(C)CCOc1ccc(Cl)cc1. The minimum Gasteiger partial charge on any atom is -0.492 e. The van der Waals surface area contributed by atoms with Crippen LogP contribution in [0.15, 0.2) is 42.5 Å². The Labute approximate surface area is 174 Å². The van der Waals surface area contributed by atoms with Crippen LogP contribution >= 0.6 is 23.2 Å². The zero-order chi connectivity index (χ0) is 20.5. The largest absolute Gasteiger partial charge is 0.492 e. The lowest BCUT2D eigenvalue weighted by molar-refractivity contribution is -0.124. The molecule has 0 aliphatic rings. The Bertz CT molecular complexity index is 813. The van der Waals surface area contributed by atoms with Crippen molar-refractivity contribution >= 4 is 40.7 Å². The van der Waals surface area contributed by atoms with E-state index in [0.717, 1.165) is 11.3 Å². The summed E-state index contributed by atoms with van der Waals surface area (Å²) in [5.41, 5.74) is 1.41. The molecule has 0 unspecified atom stereocenters. The number of halogens is 2. The van der Waals surface area contributed by atoms with Gasteiger partial charge in [0.1, 0.15) is 12.4 Å². The maximum absolute atomic E-state index is 12.0. The first kappa shape index (κ1) is 22.0. The molecule has 0 aliphatic carbocycles. The number of carbonyl (C=O) groups is 2. The Balaban J connectivity index is 1.66. The van der Waals surface area contributed by atoms with Crippen molar-refractivity contribution in [3.63, 3.8) is 0 Å². The van der Waals surface area contributed by atoms with Gasteiger partial charge < -0.3 is 15.4 Å². The molecule has 2 amide bonds. The number of anilines is 1. The quantitative estimate of drug-likeness (QED) is 0.648. The van der Waals surface area contributed by atoms with Crippen LogP contribution in [-0.2, 0) is 9.59 Å². The molecule has 0 fully saturated rings. The Morgan fingerprint density at radius 1 is 1.07 bits per heavy atom. The van der Waals surface area contributed by atoms with Crippen LogP contribution in [0.3, 0.4) is 0 Å². The van der Waals surface area contributed by atoms with E-state index in [1.54, 1.807) is 49.5 Å². The van der Waals surface area contributed by atoms with Gasteiger partial charge in [-0.2, -0.15) is 0 Å². The molecule has 0 radical (unpaired) electrons. The molecule has 28 heavy (non-hydrogen) atoms. The molecule has 0 spiro atoms. The highest BCUT2D eigenvalue weighted by Crippen LogP contribution is 2.22. The fourth-order valence-corrected chi connectivity index (χ4v) is 2.65. The summed E-state index contributed by atoms with van der Waals surface area (Å²) in [6.07, 6.45) is 0. The van der Waals surface area contributed by atoms with Gasteiger partial charge in [0.05, 0.1) is 13.1 Å². The number of ether oxygens (including phenoxy) is 1. The summed E-state index contributed by atoms with van der Waals surface area (Å²) in [6.45, 7) is 2.86. The summed E-state index contributed by atoms with van der Waals surface area (Å²) in [4.78, 5) is 25.8. The minimum absolute atomic E-state index is 0.111. The van der Waals surface area contributed by atoms with Crippen molar-refractivity contribution in [3.8, 4) is 5.75 Å². The minimum atomic E-state index is -0.313. The molecular formula is C20H23Cl2N3O3. The number of nitrogens with one attached hydrogen (secondary N) is 2. The van der Waals surface area contributed by atoms with E-state index >= 15 is 0 Å². The standard InChI is InChI=1S/C20H23Cl2N3O3/c1-14-17(22)4-3-5-18(14)24-19(26)12-23-20(27)13-25(2)10-11-28-16-8-6-15(21)7-9-16/h3-9H,10-13H2,1-2H3,(H,23,27)(H,24,26). The molecule has 2 aromatic rings. The average Bonchev–Trinajstić information content (AvgIpc) is 2.65. The first-order chi connectivity index (χ1) is 13.3. The molecule has 2 rings (SSSR count). The lowest BCUT2D eigenvalue weighted by atomic mass is 10.2. The highest BCUT2D eigenvalue weighted by Gasteiger charge is 2.10. The Morgan fingerprint density at radius 3 is 2.50 bits per heavy atom. The van der Waals surface area contributed by atoms with Crippen LogP contribution in [-0.4, -0.2) is 50.0 Å². The smallest absolute Gasteiger partial charge is 0.243 e. The summed E-state index contributed by atoms with van der Waals surface area (Å²) in [6, 6.07) is 12.3. The molecule has 0 bridgehead atoms. The fraction of sp³-hybridized carbons (Fsp3) is 0.300. The number of hydrogen-bond acceptors (Lipinski definition) is 4. The first-order valence-corrected chi connectivity index (χ1v) is 9.49. The van der Waals surface area contributed by atoms with E-state index in [-0.39, 0.29) is 24.9 Å². The van der Waals surface area contributed by atoms with Crippen molar-refractivity contribution in [3.05, 3.63) is 58.1 Å². The number of amides is 2. The van der Waals surface area contributed by atoms with E-state index in [0.29, 0.717) is 28.9 Å². The Kier molecular flexibility index (Phi) is 8.57. The summed E-state index contributed by atoms with van der Waals surface area (Å²) in [5, 5.41) is 6.56. The van der Waals surface area contributed by atoms with Gasteiger partial charge in [0, 0.05) is 22.3 Å². The zero-order valence-electron chi connectivity index (χ0n) is 15.8. The van der Waals surface area contributed by atoms with Crippen LogP contribution in [0.2, 0.25) is 10.0 Å². The number of benzene rings is 2. The molecule has 0 saturated heterocycles. The third kappa shape index (κ3) is 7.38. The molecule has 150 valence electrons. The van der Waals surface area contributed by atoms with Gasteiger partial charge in [-0.15, -0.1) is 0 Å². The second kappa shape index (κ2) is 10.9. The molecule has 0 atom stereocenters. The average molecular weight is 424 g/mol. The fourth-order valence-electron chi connectivity index (χ4n) is 2.35. The van der Waals surface area contributed by atoms with Crippen molar-refractivity contribution in [1.82, 2.24) is 10.2 Å². The Morgan fingerprint density at radius 2 is 1.79 bits per heavy atom. The van der Waals surface area contributed by atoms with Crippen LogP contribution in [0.1, 0.15) is 5.56 Å². The van der Waals surface area contributed by atoms with E-state index in [4.69, 9.17) is 27.9 Å². The van der Waals surface area contributed by atoms with Crippen LogP contribution < -0.4 is 15.4 Å². The van der Waals surface area contributed by atoms with Gasteiger partial charge >= 0.3 is 0 Å². The molecule has 0 heterocycles. The summed E-state index contributed by atoms with van der Waals surface area (Å²) in [7, 11) is 1.81. The topological polar surface area (TPSA) is 70.7 Å². The van der Waals surface area contributed by atoms with Crippen molar-refractivity contribution in [2.75, 3.05) is 38.6 Å². The summed E-state index contributed by atoms with van der Waals surface area (Å²) in [5.74, 6) is 0.162. The van der Waals surface area contributed by atoms with Gasteiger partial charge in [0.2, 0.25) is 11.8 Å². The molecule has 8 heteroatoms. The second-order valence-corrected chi connectivity index (χ2v) is 7.12. The number of carbonyl (C=O) groups excluding carboxylic acids is 2. The molecule has 6 nitrogen and oxygen atoms in total. The number of likely N-dealkylation sites (N-methyl/N-ethyl adjacent to an activating group) is 1. The molecular weight excluding hydrogens is 401 g/mol. The van der Waals surface area contributed by atoms with Gasteiger partial charge in [-0.05, 0) is 55.9 Å². The van der Waals surface area contributed by atoms with Gasteiger partial charge in [-0.1, -0.05) is 29.3 Å². The third-order valence-electron chi connectivity index (χ3n) is 3.96. The number of hydrogen-bond donors (Lipinski definition) is 2. The lowest BCUT2D eigenvalue weighted by Crippen LogP contribution is -2.40. The number of rotatable bonds is 9. The number of nitrogens with zero attached hydrogens (tertiary/aromatic N) is 1. The highest BCUT2D eigenvalue weighted by molar-refractivity contribution is 6.31. The predicted octanol–water partition coefficient (Wildman–Crippen LogP) is 3.37. The summed E-state index contributed by atoms with van der Waals surface area (Å²) < 4.78 is 5.59. The molecule has 0 saturated carbocycles. The maximum Gasteiger partial charge on any atom is 0.243 e. The van der Waals surface area contributed by atoms with Crippen molar-refractivity contribution < 1.29 is 14.3 Å². The molecule has 2 aromatic carbocycles. The highest BCUT2D eigenvalue weighted by atomic mass is 35.5. The van der Waals surface area contributed by atoms with Gasteiger partial charge in [0.15, 0.2) is 0 Å².